The molecule has 0 bridgehead atoms. The lowest BCUT2D eigenvalue weighted by atomic mass is 9.87. The number of hydrogen-bond donors (Lipinski definition) is 0. The molecule has 2 atom stereocenters. The first-order chi connectivity index (χ1) is 22.4. The van der Waals surface area contributed by atoms with Gasteiger partial charge in [0.15, 0.2) is 0 Å². The summed E-state index contributed by atoms with van der Waals surface area (Å²) >= 11 is 6.98. The molecule has 6 rings (SSSR count). The molecule has 0 spiro atoms. The van der Waals surface area contributed by atoms with E-state index in [2.05, 4.69) is 31.9 Å². The minimum atomic E-state index is -0.694. The van der Waals surface area contributed by atoms with Crippen molar-refractivity contribution in [2.24, 2.45) is 0 Å². The van der Waals surface area contributed by atoms with Crippen LogP contribution in [0.5, 0.6) is 11.5 Å². The molecule has 0 aromatic heterocycles. The largest absolute Gasteiger partial charge is 0.489 e. The van der Waals surface area contributed by atoms with Gasteiger partial charge in [0, 0.05) is 21.8 Å². The number of halogens is 2. The van der Waals surface area contributed by atoms with Crippen molar-refractivity contribution in [2.45, 2.75) is 38.3 Å². The van der Waals surface area contributed by atoms with E-state index in [1.54, 1.807) is 36.4 Å². The van der Waals surface area contributed by atoms with Gasteiger partial charge in [-0.1, -0.05) is 117 Å². The molecule has 5 aromatic rings. The van der Waals surface area contributed by atoms with Crippen LogP contribution in [0.15, 0.2) is 130 Å². The molecule has 2 unspecified atom stereocenters. The zero-order valence-corrected chi connectivity index (χ0v) is 27.9. The summed E-state index contributed by atoms with van der Waals surface area (Å²) in [6, 6.07) is 37.8. The van der Waals surface area contributed by atoms with Gasteiger partial charge >= 0.3 is 11.9 Å². The predicted molar refractivity (Wildman–Crippen MR) is 182 cm³/mol. The Balaban J connectivity index is 1.17. The molecule has 46 heavy (non-hydrogen) atoms. The number of rotatable bonds is 10. The second-order valence-electron chi connectivity index (χ2n) is 11.0. The van der Waals surface area contributed by atoms with E-state index >= 15 is 0 Å². The number of fused-ring (bicyclic) bond motifs is 1. The van der Waals surface area contributed by atoms with Crippen molar-refractivity contribution in [3.05, 3.63) is 164 Å². The number of ether oxygens (including phenoxy) is 4. The summed E-state index contributed by atoms with van der Waals surface area (Å²) in [7, 11) is 0. The average Bonchev–Trinajstić information content (AvgIpc) is 3.07. The van der Waals surface area contributed by atoms with Gasteiger partial charge in [-0.25, -0.2) is 9.59 Å². The van der Waals surface area contributed by atoms with Crippen LogP contribution in [0.2, 0.25) is 0 Å². The Kier molecular flexibility index (Phi) is 10.2. The Bertz CT molecular complexity index is 1690. The fourth-order valence-electron chi connectivity index (χ4n) is 5.31. The van der Waals surface area contributed by atoms with E-state index in [9.17, 15) is 9.59 Å². The summed E-state index contributed by atoms with van der Waals surface area (Å²) in [6.07, 6.45) is -0.565. The zero-order valence-electron chi connectivity index (χ0n) is 24.7. The standard InChI is InChI=1S/C38H30Br2O6/c39-31-15-29(17-33(21-31)43-23-25-9-3-1-4-10-25)37(41)45-35-19-27-13-7-8-14-28(27)20-36(35)46-38(42)30-16-32(40)22-34(18-30)44-24-26-11-5-2-6-12-26/h1-18,21-22,35-36H,19-20,23-24H2. The maximum absolute atomic E-state index is 13.5. The first kappa shape index (κ1) is 31.6. The molecule has 1 aliphatic carbocycles. The first-order valence-corrected chi connectivity index (χ1v) is 16.4. The quantitative estimate of drug-likeness (QED) is 0.133. The van der Waals surface area contributed by atoms with E-state index in [1.807, 2.05) is 84.9 Å². The molecule has 0 amide bonds. The van der Waals surface area contributed by atoms with Gasteiger partial charge in [0.25, 0.3) is 0 Å². The summed E-state index contributed by atoms with van der Waals surface area (Å²) in [6.45, 7) is 0.718. The highest BCUT2D eigenvalue weighted by Crippen LogP contribution is 2.30. The Morgan fingerprint density at radius 2 is 0.935 bits per heavy atom. The van der Waals surface area contributed by atoms with Crippen LogP contribution in [0.3, 0.4) is 0 Å². The van der Waals surface area contributed by atoms with Crippen LogP contribution in [0.1, 0.15) is 43.0 Å². The smallest absolute Gasteiger partial charge is 0.338 e. The second kappa shape index (κ2) is 14.8. The van der Waals surface area contributed by atoms with Gasteiger partial charge in [-0.3, -0.25) is 0 Å². The zero-order chi connectivity index (χ0) is 31.9. The summed E-state index contributed by atoms with van der Waals surface area (Å²) in [5.74, 6) is -0.00475. The third-order valence-corrected chi connectivity index (χ3v) is 8.52. The van der Waals surface area contributed by atoms with Crippen LogP contribution in [0.25, 0.3) is 0 Å². The van der Waals surface area contributed by atoms with Crippen molar-refractivity contribution in [3.63, 3.8) is 0 Å². The molecule has 0 fully saturated rings. The van der Waals surface area contributed by atoms with Gasteiger partial charge in [-0.05, 0) is 58.7 Å². The van der Waals surface area contributed by atoms with Gasteiger partial charge in [-0.2, -0.15) is 0 Å². The topological polar surface area (TPSA) is 71.1 Å². The maximum atomic E-state index is 13.5. The van der Waals surface area contributed by atoms with Crippen molar-refractivity contribution < 1.29 is 28.5 Å². The van der Waals surface area contributed by atoms with Gasteiger partial charge in [-0.15, -0.1) is 0 Å². The monoisotopic (exact) mass is 740 g/mol. The Morgan fingerprint density at radius 3 is 1.35 bits per heavy atom. The van der Waals surface area contributed by atoms with Crippen LogP contribution in [0.4, 0.5) is 0 Å². The molecular formula is C38H30Br2O6. The van der Waals surface area contributed by atoms with Crippen molar-refractivity contribution >= 4 is 43.8 Å². The van der Waals surface area contributed by atoms with Crippen LogP contribution in [-0.2, 0) is 35.5 Å². The lowest BCUT2D eigenvalue weighted by Gasteiger charge is -2.32. The minimum absolute atomic E-state index is 0.327. The highest BCUT2D eigenvalue weighted by molar-refractivity contribution is 9.10. The number of esters is 2. The number of carbonyl (C=O) groups is 2. The van der Waals surface area contributed by atoms with Crippen LogP contribution in [-0.4, -0.2) is 24.1 Å². The summed E-state index contributed by atoms with van der Waals surface area (Å²) < 4.78 is 25.4. The number of benzene rings is 5. The van der Waals surface area contributed by atoms with Crippen molar-refractivity contribution in [3.8, 4) is 11.5 Å². The summed E-state index contributed by atoms with van der Waals surface area (Å²) in [5.41, 5.74) is 4.78. The third-order valence-electron chi connectivity index (χ3n) is 7.60. The first-order valence-electron chi connectivity index (χ1n) is 14.8. The van der Waals surface area contributed by atoms with Crippen molar-refractivity contribution in [1.82, 2.24) is 0 Å². The van der Waals surface area contributed by atoms with Gasteiger partial charge in [0.1, 0.15) is 36.9 Å². The molecule has 8 heteroatoms. The molecule has 0 aliphatic heterocycles. The number of hydrogen-bond acceptors (Lipinski definition) is 6. The Morgan fingerprint density at radius 1 is 0.543 bits per heavy atom. The minimum Gasteiger partial charge on any atom is -0.489 e. The molecule has 0 N–H and O–H groups in total. The molecule has 1 aliphatic rings. The second-order valence-corrected chi connectivity index (χ2v) is 12.8. The Labute approximate surface area is 284 Å². The fraction of sp³-hybridized carbons (Fsp3) is 0.158. The van der Waals surface area contributed by atoms with E-state index in [0.717, 1.165) is 22.3 Å². The van der Waals surface area contributed by atoms with E-state index in [-0.39, 0.29) is 0 Å². The van der Waals surface area contributed by atoms with Crippen molar-refractivity contribution in [2.75, 3.05) is 0 Å². The van der Waals surface area contributed by atoms with E-state index in [0.29, 0.717) is 57.6 Å². The molecule has 0 radical (unpaired) electrons. The van der Waals surface area contributed by atoms with Crippen LogP contribution in [0, 0.1) is 0 Å². The average molecular weight is 742 g/mol. The van der Waals surface area contributed by atoms with E-state index in [1.165, 1.54) is 0 Å². The molecule has 0 saturated heterocycles. The summed E-state index contributed by atoms with van der Waals surface area (Å²) in [5, 5.41) is 0. The third kappa shape index (κ3) is 8.24. The SMILES string of the molecule is O=C(OC1Cc2ccccc2CC1OC(=O)c1cc(Br)cc(OCc2ccccc2)c1)c1cc(Br)cc(OCc2ccccc2)c1. The van der Waals surface area contributed by atoms with Gasteiger partial charge in [0.2, 0.25) is 0 Å². The van der Waals surface area contributed by atoms with Gasteiger partial charge < -0.3 is 18.9 Å². The molecule has 5 aromatic carbocycles. The fourth-order valence-corrected chi connectivity index (χ4v) is 6.25. The molecule has 6 nitrogen and oxygen atoms in total. The number of carbonyl (C=O) groups excluding carboxylic acids is 2. The molecule has 0 saturated carbocycles. The molecule has 232 valence electrons. The highest BCUT2D eigenvalue weighted by Gasteiger charge is 2.35. The van der Waals surface area contributed by atoms with E-state index < -0.39 is 24.1 Å². The summed E-state index contributed by atoms with van der Waals surface area (Å²) in [4.78, 5) is 27.0. The lowest BCUT2D eigenvalue weighted by Crippen LogP contribution is -2.41. The Hall–Kier alpha value is -4.40. The van der Waals surface area contributed by atoms with Crippen LogP contribution < -0.4 is 9.47 Å². The molecular weight excluding hydrogens is 712 g/mol. The van der Waals surface area contributed by atoms with Crippen LogP contribution >= 0.6 is 31.9 Å². The maximum Gasteiger partial charge on any atom is 0.338 e. The van der Waals surface area contributed by atoms with E-state index in [4.69, 9.17) is 18.9 Å². The predicted octanol–water partition coefficient (Wildman–Crippen LogP) is 8.92. The van der Waals surface area contributed by atoms with Crippen molar-refractivity contribution in [1.29, 1.82) is 0 Å². The molecule has 0 heterocycles. The normalized spacial score (nSPS) is 15.3. The lowest BCUT2D eigenvalue weighted by molar-refractivity contribution is -0.0389. The highest BCUT2D eigenvalue weighted by atomic mass is 79.9. The van der Waals surface area contributed by atoms with Gasteiger partial charge in [0.05, 0.1) is 11.1 Å².